The van der Waals surface area contributed by atoms with Crippen molar-refractivity contribution >= 4 is 5.91 Å². The molecule has 0 unspecified atom stereocenters. The summed E-state index contributed by atoms with van der Waals surface area (Å²) in [6.07, 6.45) is -1.58. The van der Waals surface area contributed by atoms with E-state index in [1.165, 1.54) is 12.1 Å². The Morgan fingerprint density at radius 2 is 2.10 bits per heavy atom. The molecule has 150 valence electrons. The van der Waals surface area contributed by atoms with Gasteiger partial charge < -0.3 is 14.9 Å². The number of hydrogen-bond acceptors (Lipinski definition) is 5. The predicted molar refractivity (Wildman–Crippen MR) is 95.5 cm³/mol. The number of hydrogen-bond donors (Lipinski definition) is 2. The lowest BCUT2D eigenvalue weighted by atomic mass is 10.0. The molecule has 1 heterocycles. The Labute approximate surface area is 163 Å². The number of aromatic nitrogens is 2. The van der Waals surface area contributed by atoms with E-state index in [1.54, 1.807) is 18.2 Å². The summed E-state index contributed by atoms with van der Waals surface area (Å²) in [5, 5.41) is 15.6. The van der Waals surface area contributed by atoms with E-state index in [0.29, 0.717) is 24.0 Å². The zero-order chi connectivity index (χ0) is 20.5. The molecular weight excluding hydrogens is 387 g/mol. The largest absolute Gasteiger partial charge is 0.392 e. The van der Waals surface area contributed by atoms with E-state index in [4.69, 9.17) is 0 Å². The number of amides is 1. The van der Waals surface area contributed by atoms with Crippen LogP contribution in [0.3, 0.4) is 0 Å². The molecule has 1 aliphatic carbocycles. The number of nitrogens with zero attached hydrogens (tertiary/aromatic N) is 2. The van der Waals surface area contributed by atoms with Crippen molar-refractivity contribution in [1.82, 2.24) is 15.5 Å². The summed E-state index contributed by atoms with van der Waals surface area (Å²) in [5.41, 5.74) is 2.62. The number of carbonyl (C=O) groups excluding carboxylic acids is 1. The molecule has 0 saturated heterocycles. The molecule has 0 saturated carbocycles. The third kappa shape index (κ3) is 3.73. The number of halogens is 3. The highest BCUT2D eigenvalue weighted by atomic mass is 19.3. The van der Waals surface area contributed by atoms with E-state index in [2.05, 4.69) is 20.0 Å². The normalized spacial score (nSPS) is 15.6. The maximum atomic E-state index is 14.0. The fraction of sp³-hybridized carbons (Fsp3) is 0.250. The quantitative estimate of drug-likeness (QED) is 0.678. The molecule has 6 nitrogen and oxygen atoms in total. The number of alkyl halides is 2. The van der Waals surface area contributed by atoms with Crippen LogP contribution in [0.25, 0.3) is 11.4 Å². The summed E-state index contributed by atoms with van der Waals surface area (Å²) >= 11 is 0. The molecule has 1 amide bonds. The second-order valence-electron chi connectivity index (χ2n) is 6.71. The van der Waals surface area contributed by atoms with Crippen LogP contribution in [0.5, 0.6) is 0 Å². The third-order valence-corrected chi connectivity index (χ3v) is 4.87. The number of rotatable bonds is 5. The van der Waals surface area contributed by atoms with Crippen LogP contribution >= 0.6 is 0 Å². The molecule has 4 rings (SSSR count). The minimum atomic E-state index is -2.84. The van der Waals surface area contributed by atoms with E-state index < -0.39 is 24.0 Å². The molecule has 9 heteroatoms. The predicted octanol–water partition coefficient (Wildman–Crippen LogP) is 3.72. The van der Waals surface area contributed by atoms with Gasteiger partial charge in [-0.25, -0.2) is 4.39 Å². The second kappa shape index (κ2) is 7.67. The molecule has 3 aromatic rings. The first kappa shape index (κ1) is 19.1. The maximum absolute atomic E-state index is 14.0. The maximum Gasteiger partial charge on any atom is 0.315 e. The molecule has 1 aliphatic rings. The summed E-state index contributed by atoms with van der Waals surface area (Å²) in [4.78, 5) is 16.2. The Bertz CT molecular complexity index is 1070. The van der Waals surface area contributed by atoms with Crippen LogP contribution < -0.4 is 5.32 Å². The summed E-state index contributed by atoms with van der Waals surface area (Å²) < 4.78 is 43.8. The third-order valence-electron chi connectivity index (χ3n) is 4.87. The van der Waals surface area contributed by atoms with Crippen molar-refractivity contribution in [1.29, 1.82) is 0 Å². The smallest absolute Gasteiger partial charge is 0.315 e. The van der Waals surface area contributed by atoms with Gasteiger partial charge in [0, 0.05) is 5.56 Å². The minimum absolute atomic E-state index is 0.0680. The number of nitrogens with one attached hydrogen (secondary N) is 1. The van der Waals surface area contributed by atoms with Crippen molar-refractivity contribution in [3.63, 3.8) is 0 Å². The van der Waals surface area contributed by atoms with Crippen molar-refractivity contribution in [3.8, 4) is 11.4 Å². The number of carbonyl (C=O) groups is 1. The molecule has 0 radical (unpaired) electrons. The average molecular weight is 403 g/mol. The van der Waals surface area contributed by atoms with Crippen LogP contribution in [0.2, 0.25) is 0 Å². The highest BCUT2D eigenvalue weighted by Crippen LogP contribution is 2.34. The molecular formula is C20H16F3N3O3. The van der Waals surface area contributed by atoms with Gasteiger partial charge >= 0.3 is 6.43 Å². The van der Waals surface area contributed by atoms with Crippen LogP contribution in [-0.2, 0) is 13.0 Å². The fourth-order valence-corrected chi connectivity index (χ4v) is 3.43. The van der Waals surface area contributed by atoms with E-state index in [1.807, 2.05) is 0 Å². The van der Waals surface area contributed by atoms with Crippen LogP contribution in [0.15, 0.2) is 40.9 Å². The zero-order valence-electron chi connectivity index (χ0n) is 15.0. The van der Waals surface area contributed by atoms with Gasteiger partial charge in [0.05, 0.1) is 18.2 Å². The Hall–Kier alpha value is -3.20. The Kier molecular flexibility index (Phi) is 5.06. The summed E-state index contributed by atoms with van der Waals surface area (Å²) in [5.74, 6) is -1.91. The first-order valence-corrected chi connectivity index (χ1v) is 8.91. The lowest BCUT2D eigenvalue weighted by Gasteiger charge is -2.15. The van der Waals surface area contributed by atoms with Crippen molar-refractivity contribution in [3.05, 3.63) is 70.4 Å². The van der Waals surface area contributed by atoms with Gasteiger partial charge in [0.15, 0.2) is 0 Å². The first-order valence-electron chi connectivity index (χ1n) is 8.91. The molecule has 0 spiro atoms. The standard InChI is InChI=1S/C20H16F3N3O3/c21-15-5-1-10(9-27)7-14(15)19(28)24-16-6-3-11-8-12(2-4-13(11)16)18-25-20(17(22)23)29-26-18/h1-2,4-5,7-8,16-17,27H,3,6,9H2,(H,24,28)/t16-/m1/s1. The van der Waals surface area contributed by atoms with Crippen molar-refractivity contribution in [2.75, 3.05) is 0 Å². The highest BCUT2D eigenvalue weighted by Gasteiger charge is 2.26. The molecule has 29 heavy (non-hydrogen) atoms. The van der Waals surface area contributed by atoms with Gasteiger partial charge in [-0.15, -0.1) is 0 Å². The van der Waals surface area contributed by atoms with Crippen molar-refractivity contribution < 1.29 is 27.6 Å². The van der Waals surface area contributed by atoms with Gasteiger partial charge in [-0.2, -0.15) is 13.8 Å². The molecule has 1 atom stereocenters. The molecule has 0 bridgehead atoms. The lowest BCUT2D eigenvalue weighted by Crippen LogP contribution is -2.28. The van der Waals surface area contributed by atoms with Crippen LogP contribution in [0.4, 0.5) is 13.2 Å². The number of benzene rings is 2. The zero-order valence-corrected chi connectivity index (χ0v) is 15.0. The van der Waals surface area contributed by atoms with Gasteiger partial charge in [-0.3, -0.25) is 4.79 Å². The van der Waals surface area contributed by atoms with Crippen LogP contribution in [0.1, 0.15) is 51.8 Å². The Morgan fingerprint density at radius 1 is 1.28 bits per heavy atom. The van der Waals surface area contributed by atoms with E-state index in [9.17, 15) is 23.1 Å². The van der Waals surface area contributed by atoms with Gasteiger partial charge in [0.1, 0.15) is 5.82 Å². The van der Waals surface area contributed by atoms with Crippen LogP contribution in [0, 0.1) is 5.82 Å². The summed E-state index contributed by atoms with van der Waals surface area (Å²) in [6, 6.07) is 8.77. The van der Waals surface area contributed by atoms with E-state index in [0.717, 1.165) is 17.2 Å². The molecule has 0 fully saturated rings. The number of aliphatic hydroxyl groups excluding tert-OH is 1. The lowest BCUT2D eigenvalue weighted by molar-refractivity contribution is 0.0932. The Balaban J connectivity index is 1.54. The highest BCUT2D eigenvalue weighted by molar-refractivity contribution is 5.95. The first-order chi connectivity index (χ1) is 14.0. The number of aryl methyl sites for hydroxylation is 1. The summed E-state index contributed by atoms with van der Waals surface area (Å²) in [7, 11) is 0. The minimum Gasteiger partial charge on any atom is -0.392 e. The van der Waals surface area contributed by atoms with Crippen molar-refractivity contribution in [2.24, 2.45) is 0 Å². The molecule has 2 N–H and O–H groups in total. The fourth-order valence-electron chi connectivity index (χ4n) is 3.43. The second-order valence-corrected chi connectivity index (χ2v) is 6.71. The Morgan fingerprint density at radius 3 is 2.83 bits per heavy atom. The van der Waals surface area contributed by atoms with Gasteiger partial charge in [-0.1, -0.05) is 23.4 Å². The topological polar surface area (TPSA) is 88.3 Å². The summed E-state index contributed by atoms with van der Waals surface area (Å²) in [6.45, 7) is -0.293. The van der Waals surface area contributed by atoms with Crippen molar-refractivity contribution in [2.45, 2.75) is 31.9 Å². The monoisotopic (exact) mass is 403 g/mol. The van der Waals surface area contributed by atoms with Crippen LogP contribution in [-0.4, -0.2) is 21.2 Å². The molecule has 0 aliphatic heterocycles. The molecule has 1 aromatic heterocycles. The van der Waals surface area contributed by atoms with Gasteiger partial charge in [0.25, 0.3) is 11.8 Å². The SMILES string of the molecule is O=C(N[C@@H]1CCc2cc(-c3noc(C(F)F)n3)ccc21)c1cc(CO)ccc1F. The van der Waals surface area contributed by atoms with Gasteiger partial charge in [0.2, 0.25) is 5.82 Å². The van der Waals surface area contributed by atoms with E-state index >= 15 is 0 Å². The number of fused-ring (bicyclic) bond motifs is 1. The van der Waals surface area contributed by atoms with E-state index in [-0.39, 0.29) is 24.0 Å². The number of aliphatic hydroxyl groups is 1. The molecule has 2 aromatic carbocycles. The average Bonchev–Trinajstić information content (AvgIpc) is 3.36. The van der Waals surface area contributed by atoms with Gasteiger partial charge in [-0.05, 0) is 47.7 Å².